The lowest BCUT2D eigenvalue weighted by atomic mass is 10.1. The van der Waals surface area contributed by atoms with Crippen LogP contribution in [0.3, 0.4) is 0 Å². The zero-order chi connectivity index (χ0) is 13.0. The van der Waals surface area contributed by atoms with E-state index in [0.29, 0.717) is 23.8 Å². The van der Waals surface area contributed by atoms with Crippen LogP contribution in [0.15, 0.2) is 28.8 Å². The van der Waals surface area contributed by atoms with Crippen LogP contribution in [0.5, 0.6) is 0 Å². The van der Waals surface area contributed by atoms with E-state index in [4.69, 9.17) is 4.52 Å². The highest BCUT2D eigenvalue weighted by atomic mass is 16.5. The van der Waals surface area contributed by atoms with E-state index in [1.165, 1.54) is 0 Å². The number of ketones is 1. The Morgan fingerprint density at radius 2 is 2.06 bits per heavy atom. The Bertz CT molecular complexity index is 531. The van der Waals surface area contributed by atoms with Crippen LogP contribution in [0.1, 0.15) is 35.9 Å². The first-order chi connectivity index (χ1) is 8.69. The number of carbonyl (C=O) groups excluding carboxylic acids is 1. The number of aryl methyl sites for hydroxylation is 1. The van der Waals surface area contributed by atoms with Crippen LogP contribution in [0.2, 0.25) is 0 Å². The number of anilines is 1. The number of hydrogen-bond acceptors (Lipinski definition) is 5. The molecule has 1 N–H and O–H groups in total. The summed E-state index contributed by atoms with van der Waals surface area (Å²) in [7, 11) is 0. The van der Waals surface area contributed by atoms with E-state index in [1.54, 1.807) is 19.1 Å². The molecule has 0 saturated carbocycles. The molecule has 0 aliphatic carbocycles. The smallest absolute Gasteiger partial charge is 0.245 e. The molecule has 5 nitrogen and oxygen atoms in total. The zero-order valence-electron chi connectivity index (χ0n) is 10.4. The van der Waals surface area contributed by atoms with Crippen molar-refractivity contribution < 1.29 is 9.32 Å². The molecular formula is C13H15N3O2. The van der Waals surface area contributed by atoms with Gasteiger partial charge in [0.1, 0.15) is 0 Å². The van der Waals surface area contributed by atoms with E-state index in [9.17, 15) is 4.79 Å². The van der Waals surface area contributed by atoms with E-state index in [-0.39, 0.29) is 5.78 Å². The van der Waals surface area contributed by atoms with E-state index < -0.39 is 0 Å². The van der Waals surface area contributed by atoms with Crippen LogP contribution in [-0.4, -0.2) is 15.9 Å². The van der Waals surface area contributed by atoms with Gasteiger partial charge in [-0.2, -0.15) is 4.98 Å². The Kier molecular flexibility index (Phi) is 3.72. The lowest BCUT2D eigenvalue weighted by Crippen LogP contribution is -2.00. The van der Waals surface area contributed by atoms with Crippen molar-refractivity contribution in [3.63, 3.8) is 0 Å². The summed E-state index contributed by atoms with van der Waals surface area (Å²) in [5, 5.41) is 6.97. The molecule has 0 saturated heterocycles. The monoisotopic (exact) mass is 245 g/mol. The SMILES string of the molecule is CCc1noc(CNc2ccc(C(C)=O)cc2)n1. The van der Waals surface area contributed by atoms with Gasteiger partial charge in [0.2, 0.25) is 5.89 Å². The fourth-order valence-electron chi connectivity index (χ4n) is 1.51. The number of Topliss-reactive ketones (excluding diaryl/α,β-unsaturated/α-hetero) is 1. The number of nitrogens with one attached hydrogen (secondary N) is 1. The molecule has 2 aromatic rings. The maximum Gasteiger partial charge on any atom is 0.245 e. The second-order valence-corrected chi connectivity index (χ2v) is 3.94. The van der Waals surface area contributed by atoms with E-state index in [0.717, 1.165) is 12.1 Å². The van der Waals surface area contributed by atoms with Crippen LogP contribution >= 0.6 is 0 Å². The minimum atomic E-state index is 0.0611. The number of hydrogen-bond donors (Lipinski definition) is 1. The van der Waals surface area contributed by atoms with Crippen molar-refractivity contribution in [2.45, 2.75) is 26.8 Å². The number of rotatable bonds is 5. The maximum atomic E-state index is 11.1. The summed E-state index contributed by atoms with van der Waals surface area (Å²) < 4.78 is 5.06. The second-order valence-electron chi connectivity index (χ2n) is 3.94. The van der Waals surface area contributed by atoms with Crippen LogP contribution in [-0.2, 0) is 13.0 Å². The van der Waals surface area contributed by atoms with Crippen molar-refractivity contribution >= 4 is 11.5 Å². The molecule has 0 amide bonds. The fourth-order valence-corrected chi connectivity index (χ4v) is 1.51. The van der Waals surface area contributed by atoms with E-state index in [1.807, 2.05) is 19.1 Å². The summed E-state index contributed by atoms with van der Waals surface area (Å²) >= 11 is 0. The molecule has 0 atom stereocenters. The van der Waals surface area contributed by atoms with Gasteiger partial charge >= 0.3 is 0 Å². The molecule has 0 radical (unpaired) electrons. The maximum absolute atomic E-state index is 11.1. The average molecular weight is 245 g/mol. The summed E-state index contributed by atoms with van der Waals surface area (Å²) in [6, 6.07) is 7.29. The Morgan fingerprint density at radius 1 is 1.33 bits per heavy atom. The molecule has 0 unspecified atom stereocenters. The molecule has 0 fully saturated rings. The van der Waals surface area contributed by atoms with Gasteiger partial charge in [0.25, 0.3) is 0 Å². The van der Waals surface area contributed by atoms with Gasteiger partial charge in [-0.05, 0) is 31.2 Å². The molecule has 0 spiro atoms. The molecular weight excluding hydrogens is 230 g/mol. The van der Waals surface area contributed by atoms with Crippen molar-refractivity contribution in [2.75, 3.05) is 5.32 Å². The normalized spacial score (nSPS) is 10.3. The lowest BCUT2D eigenvalue weighted by molar-refractivity contribution is 0.101. The van der Waals surface area contributed by atoms with Crippen molar-refractivity contribution in [3.05, 3.63) is 41.5 Å². The van der Waals surface area contributed by atoms with Crippen LogP contribution < -0.4 is 5.32 Å². The van der Waals surface area contributed by atoms with Gasteiger partial charge in [0.05, 0.1) is 6.54 Å². The van der Waals surface area contributed by atoms with E-state index >= 15 is 0 Å². The number of benzene rings is 1. The summed E-state index contributed by atoms with van der Waals surface area (Å²) in [6.45, 7) is 4.00. The topological polar surface area (TPSA) is 68.0 Å². The van der Waals surface area contributed by atoms with Gasteiger partial charge in [-0.25, -0.2) is 0 Å². The molecule has 18 heavy (non-hydrogen) atoms. The van der Waals surface area contributed by atoms with Crippen LogP contribution in [0, 0.1) is 0 Å². The predicted octanol–water partition coefficient (Wildman–Crippen LogP) is 2.45. The van der Waals surface area contributed by atoms with Crippen LogP contribution in [0.4, 0.5) is 5.69 Å². The highest BCUT2D eigenvalue weighted by molar-refractivity contribution is 5.94. The molecule has 5 heteroatoms. The van der Waals surface area contributed by atoms with Gasteiger partial charge in [-0.1, -0.05) is 12.1 Å². The van der Waals surface area contributed by atoms with Crippen molar-refractivity contribution in [1.29, 1.82) is 0 Å². The number of aromatic nitrogens is 2. The first-order valence-corrected chi connectivity index (χ1v) is 5.85. The molecule has 0 bridgehead atoms. The molecule has 2 rings (SSSR count). The summed E-state index contributed by atoms with van der Waals surface area (Å²) in [6.07, 6.45) is 0.761. The molecule has 0 aliphatic heterocycles. The minimum Gasteiger partial charge on any atom is -0.376 e. The third kappa shape index (κ3) is 2.94. The second kappa shape index (κ2) is 5.44. The Morgan fingerprint density at radius 3 is 2.61 bits per heavy atom. The largest absolute Gasteiger partial charge is 0.376 e. The summed E-state index contributed by atoms with van der Waals surface area (Å²) in [5.74, 6) is 1.33. The third-order valence-corrected chi connectivity index (χ3v) is 2.56. The average Bonchev–Trinajstić information content (AvgIpc) is 2.85. The molecule has 94 valence electrons. The Labute approximate surface area is 105 Å². The standard InChI is InChI=1S/C13H15N3O2/c1-3-12-15-13(18-16-12)8-14-11-6-4-10(5-7-11)9(2)17/h4-7,14H,3,8H2,1-2H3. The summed E-state index contributed by atoms with van der Waals surface area (Å²) in [4.78, 5) is 15.3. The first-order valence-electron chi connectivity index (χ1n) is 5.85. The van der Waals surface area contributed by atoms with Gasteiger partial charge in [-0.15, -0.1) is 0 Å². The van der Waals surface area contributed by atoms with Gasteiger partial charge in [-0.3, -0.25) is 4.79 Å². The lowest BCUT2D eigenvalue weighted by Gasteiger charge is -2.03. The van der Waals surface area contributed by atoms with E-state index in [2.05, 4.69) is 15.5 Å². The van der Waals surface area contributed by atoms with Crippen LogP contribution in [0.25, 0.3) is 0 Å². The number of nitrogens with zero attached hydrogens (tertiary/aromatic N) is 2. The zero-order valence-corrected chi connectivity index (χ0v) is 10.4. The quantitative estimate of drug-likeness (QED) is 0.819. The van der Waals surface area contributed by atoms with Crippen molar-refractivity contribution in [1.82, 2.24) is 10.1 Å². The first kappa shape index (κ1) is 12.3. The molecule has 1 aromatic carbocycles. The van der Waals surface area contributed by atoms with Gasteiger partial charge < -0.3 is 9.84 Å². The van der Waals surface area contributed by atoms with Gasteiger partial charge in [0.15, 0.2) is 11.6 Å². The molecule has 0 aliphatic rings. The van der Waals surface area contributed by atoms with Crippen molar-refractivity contribution in [2.24, 2.45) is 0 Å². The fraction of sp³-hybridized carbons (Fsp3) is 0.308. The highest BCUT2D eigenvalue weighted by Gasteiger charge is 2.04. The predicted molar refractivity (Wildman–Crippen MR) is 67.4 cm³/mol. The Balaban J connectivity index is 1.95. The van der Waals surface area contributed by atoms with Crippen molar-refractivity contribution in [3.8, 4) is 0 Å². The molecule has 1 aromatic heterocycles. The third-order valence-electron chi connectivity index (χ3n) is 2.56. The minimum absolute atomic E-state index is 0.0611. The Hall–Kier alpha value is -2.17. The number of carbonyl (C=O) groups is 1. The molecule has 1 heterocycles. The highest BCUT2D eigenvalue weighted by Crippen LogP contribution is 2.11. The van der Waals surface area contributed by atoms with Gasteiger partial charge in [0, 0.05) is 17.7 Å². The summed E-state index contributed by atoms with van der Waals surface area (Å²) in [5.41, 5.74) is 1.61.